The molecule has 0 amide bonds. The van der Waals surface area contributed by atoms with Crippen molar-refractivity contribution in [1.82, 2.24) is 0 Å². The molecule has 1 aliphatic heterocycles. The van der Waals surface area contributed by atoms with Crippen LogP contribution in [0.25, 0.3) is 0 Å². The first kappa shape index (κ1) is 14.2. The van der Waals surface area contributed by atoms with Crippen LogP contribution in [0.15, 0.2) is 0 Å². The monoisotopic (exact) mass is 246 g/mol. The molecule has 0 aromatic rings. The van der Waals surface area contributed by atoms with Crippen LogP contribution in [0.1, 0.15) is 34.1 Å². The van der Waals surface area contributed by atoms with Crippen LogP contribution in [0.2, 0.25) is 18.1 Å². The summed E-state index contributed by atoms with van der Waals surface area (Å²) >= 11 is 0. The molecule has 3 atom stereocenters. The van der Waals surface area contributed by atoms with Gasteiger partial charge >= 0.3 is 0 Å². The molecule has 1 saturated heterocycles. The molecule has 0 unspecified atom stereocenters. The Morgan fingerprint density at radius 3 is 2.31 bits per heavy atom. The fraction of sp³-hybridized carbons (Fsp3) is 1.00. The second-order valence-electron chi connectivity index (χ2n) is 6.36. The van der Waals surface area contributed by atoms with E-state index in [1.165, 1.54) is 0 Å². The van der Waals surface area contributed by atoms with Crippen LogP contribution in [0.5, 0.6) is 0 Å². The normalized spacial score (nSPS) is 32.1. The van der Waals surface area contributed by atoms with E-state index < -0.39 is 8.32 Å². The lowest BCUT2D eigenvalue weighted by Crippen LogP contribution is -2.43. The Bertz CT molecular complexity index is 235. The molecule has 0 bridgehead atoms. The van der Waals surface area contributed by atoms with Crippen molar-refractivity contribution in [3.05, 3.63) is 0 Å². The van der Waals surface area contributed by atoms with Gasteiger partial charge in [0.2, 0.25) is 0 Å². The van der Waals surface area contributed by atoms with Gasteiger partial charge in [0.25, 0.3) is 0 Å². The quantitative estimate of drug-likeness (QED) is 0.778. The molecular weight excluding hydrogens is 220 g/mol. The number of rotatable bonds is 3. The first-order chi connectivity index (χ1) is 7.13. The molecule has 0 saturated carbocycles. The van der Waals surface area contributed by atoms with Crippen molar-refractivity contribution < 1.29 is 14.3 Å². The van der Waals surface area contributed by atoms with Crippen molar-refractivity contribution in [1.29, 1.82) is 0 Å². The van der Waals surface area contributed by atoms with Crippen LogP contribution in [0.3, 0.4) is 0 Å². The largest absolute Gasteiger partial charge is 0.414 e. The molecule has 0 aliphatic carbocycles. The molecule has 16 heavy (non-hydrogen) atoms. The van der Waals surface area contributed by atoms with E-state index in [2.05, 4.69) is 33.9 Å². The third-order valence-corrected chi connectivity index (χ3v) is 8.33. The van der Waals surface area contributed by atoms with E-state index in [0.29, 0.717) is 6.61 Å². The molecule has 0 radical (unpaired) electrons. The van der Waals surface area contributed by atoms with Crippen molar-refractivity contribution in [3.63, 3.8) is 0 Å². The summed E-state index contributed by atoms with van der Waals surface area (Å²) in [5.74, 6) is 0. The van der Waals surface area contributed by atoms with Gasteiger partial charge in [-0.2, -0.15) is 0 Å². The lowest BCUT2D eigenvalue weighted by molar-refractivity contribution is -0.0139. The predicted molar refractivity (Wildman–Crippen MR) is 68.1 cm³/mol. The minimum Gasteiger partial charge on any atom is -0.414 e. The Morgan fingerprint density at radius 2 is 1.94 bits per heavy atom. The smallest absolute Gasteiger partial charge is 0.192 e. The lowest BCUT2D eigenvalue weighted by atomic mass is 10.1. The van der Waals surface area contributed by atoms with Crippen LogP contribution in [0.4, 0.5) is 0 Å². The summed E-state index contributed by atoms with van der Waals surface area (Å²) in [6.45, 7) is 13.6. The van der Waals surface area contributed by atoms with Gasteiger partial charge in [0.15, 0.2) is 8.32 Å². The molecule has 0 spiro atoms. The molecule has 0 aromatic heterocycles. The maximum atomic E-state index is 9.77. The Morgan fingerprint density at radius 1 is 1.38 bits per heavy atom. The van der Waals surface area contributed by atoms with Crippen molar-refractivity contribution in [3.8, 4) is 0 Å². The highest BCUT2D eigenvalue weighted by atomic mass is 28.4. The number of hydrogen-bond acceptors (Lipinski definition) is 3. The minimum absolute atomic E-state index is 0.135. The van der Waals surface area contributed by atoms with Crippen LogP contribution < -0.4 is 0 Å². The van der Waals surface area contributed by atoms with Gasteiger partial charge in [0.05, 0.1) is 18.8 Å². The number of hydrogen-bond donors (Lipinski definition) is 1. The number of aliphatic hydroxyl groups is 1. The average Bonchev–Trinajstić information content (AvgIpc) is 2.39. The van der Waals surface area contributed by atoms with Crippen LogP contribution in [-0.4, -0.2) is 38.3 Å². The lowest BCUT2D eigenvalue weighted by Gasteiger charge is -2.37. The Hall–Kier alpha value is 0.0969. The fourth-order valence-electron chi connectivity index (χ4n) is 1.59. The molecule has 1 heterocycles. The van der Waals surface area contributed by atoms with Crippen LogP contribution in [0, 0.1) is 0 Å². The highest BCUT2D eigenvalue weighted by molar-refractivity contribution is 6.74. The van der Waals surface area contributed by atoms with Crippen LogP contribution >= 0.6 is 0 Å². The summed E-state index contributed by atoms with van der Waals surface area (Å²) in [6.07, 6.45) is 0.387. The van der Waals surface area contributed by atoms with Gasteiger partial charge in [-0.15, -0.1) is 0 Å². The second kappa shape index (κ2) is 4.76. The zero-order chi connectivity index (χ0) is 12.6. The third-order valence-electron chi connectivity index (χ3n) is 3.82. The molecule has 96 valence electrons. The minimum atomic E-state index is -1.72. The highest BCUT2D eigenvalue weighted by Gasteiger charge is 2.39. The molecule has 1 fully saturated rings. The van der Waals surface area contributed by atoms with E-state index in [-0.39, 0.29) is 23.4 Å². The molecule has 1 aliphatic rings. The number of ether oxygens (including phenoxy) is 1. The molecule has 1 rings (SSSR count). The third kappa shape index (κ3) is 3.29. The van der Waals surface area contributed by atoms with E-state index in [4.69, 9.17) is 9.16 Å². The standard InChI is InChI=1S/C12H26O3Si/c1-9-7-10(13)11(15-9)8-14-16(5,6)12(2,3)4/h9-11,13H,7-8H2,1-6H3/t9-,10-,11+/m0/s1. The molecule has 1 N–H and O–H groups in total. The maximum absolute atomic E-state index is 9.77. The Labute approximate surface area is 100 Å². The predicted octanol–water partition coefficient (Wildman–Crippen LogP) is 2.55. The molecule has 0 aromatic carbocycles. The van der Waals surface area contributed by atoms with Gasteiger partial charge in [-0.05, 0) is 25.1 Å². The molecular formula is C12H26O3Si. The van der Waals surface area contributed by atoms with Gasteiger partial charge in [0, 0.05) is 6.42 Å². The van der Waals surface area contributed by atoms with E-state index in [9.17, 15) is 5.11 Å². The first-order valence-electron chi connectivity index (χ1n) is 6.11. The summed E-state index contributed by atoms with van der Waals surface area (Å²) in [4.78, 5) is 0. The van der Waals surface area contributed by atoms with E-state index in [1.54, 1.807) is 0 Å². The van der Waals surface area contributed by atoms with Crippen LogP contribution in [-0.2, 0) is 9.16 Å². The van der Waals surface area contributed by atoms with Gasteiger partial charge in [0.1, 0.15) is 6.10 Å². The summed E-state index contributed by atoms with van der Waals surface area (Å²) in [5, 5.41) is 9.98. The van der Waals surface area contributed by atoms with E-state index >= 15 is 0 Å². The highest BCUT2D eigenvalue weighted by Crippen LogP contribution is 2.37. The Kier molecular flexibility index (Phi) is 4.22. The van der Waals surface area contributed by atoms with Gasteiger partial charge in [-0.25, -0.2) is 0 Å². The molecule has 4 heteroatoms. The summed E-state index contributed by atoms with van der Waals surface area (Å²) in [6, 6.07) is 0. The molecule has 3 nitrogen and oxygen atoms in total. The van der Waals surface area contributed by atoms with Gasteiger partial charge < -0.3 is 14.3 Å². The van der Waals surface area contributed by atoms with Gasteiger partial charge in [-0.3, -0.25) is 0 Å². The first-order valence-corrected chi connectivity index (χ1v) is 9.02. The summed E-state index contributed by atoms with van der Waals surface area (Å²) < 4.78 is 11.7. The SMILES string of the molecule is C[C@H]1C[C@H](O)[C@@H](CO[Si](C)(C)C(C)(C)C)O1. The average molecular weight is 246 g/mol. The van der Waals surface area contributed by atoms with Crippen molar-refractivity contribution >= 4 is 8.32 Å². The topological polar surface area (TPSA) is 38.7 Å². The number of aliphatic hydroxyl groups excluding tert-OH is 1. The summed E-state index contributed by atoms with van der Waals surface area (Å²) in [5.41, 5.74) is 0. The van der Waals surface area contributed by atoms with Crippen molar-refractivity contribution in [2.75, 3.05) is 6.61 Å². The zero-order valence-corrected chi connectivity index (χ0v) is 12.4. The van der Waals surface area contributed by atoms with Crippen molar-refractivity contribution in [2.45, 2.75) is 70.6 Å². The van der Waals surface area contributed by atoms with Crippen molar-refractivity contribution in [2.24, 2.45) is 0 Å². The Balaban J connectivity index is 2.46. The zero-order valence-electron chi connectivity index (χ0n) is 11.4. The summed E-state index contributed by atoms with van der Waals surface area (Å²) in [7, 11) is -1.72. The van der Waals surface area contributed by atoms with E-state index in [1.807, 2.05) is 6.92 Å². The fourth-order valence-corrected chi connectivity index (χ4v) is 2.61. The van der Waals surface area contributed by atoms with E-state index in [0.717, 1.165) is 6.42 Å². The second-order valence-corrected chi connectivity index (χ2v) is 11.2. The van der Waals surface area contributed by atoms with Gasteiger partial charge in [-0.1, -0.05) is 20.8 Å². The maximum Gasteiger partial charge on any atom is 0.192 e.